The number of ether oxygens (including phenoxy) is 1. The molecule has 3 aliphatic heterocycles. The topological polar surface area (TPSA) is 248 Å². The first kappa shape index (κ1) is 18.4. The summed E-state index contributed by atoms with van der Waals surface area (Å²) in [6, 6.07) is -2.09. The van der Waals surface area contributed by atoms with Gasteiger partial charge in [0.2, 0.25) is 11.4 Å². The quantitative estimate of drug-likeness (QED) is 0.174. The zero-order chi connectivity index (χ0) is 19.5. The van der Waals surface area contributed by atoms with Gasteiger partial charge >= 0.3 is 16.5 Å². The number of hydrogen-bond acceptors (Lipinski definition) is 13. The first-order valence-corrected chi connectivity index (χ1v) is 8.50. The van der Waals surface area contributed by atoms with E-state index in [1.165, 1.54) is 0 Å². The van der Waals surface area contributed by atoms with Crippen molar-refractivity contribution in [2.75, 3.05) is 13.2 Å². The molecule has 0 bridgehead atoms. The standard InChI is InChI=1S/C10H17N7O8S/c11-6-15-5-3(2-24-8(13)18)14-7(12)17-1-4(25-26(21,22)23)10(19,20)9(5,17)16-6/h3-5,19-20H,1-2H2,(H2,12,14)(H2,13,18)(H3,11,15,16)(H,21,22,23)/t3-,4+,5-,9?/m0/s1. The van der Waals surface area contributed by atoms with E-state index in [0.29, 0.717) is 0 Å². The summed E-state index contributed by atoms with van der Waals surface area (Å²) in [5.74, 6) is -3.48. The molecule has 10 N–H and O–H groups in total. The van der Waals surface area contributed by atoms with Crippen LogP contribution >= 0.6 is 0 Å². The third kappa shape index (κ3) is 2.58. The molecule has 3 heterocycles. The Balaban J connectivity index is 2.05. The van der Waals surface area contributed by atoms with E-state index < -0.39 is 59.3 Å². The molecule has 3 aliphatic rings. The van der Waals surface area contributed by atoms with Crippen LogP contribution in [0, 0.1) is 0 Å². The number of nitrogens with two attached hydrogens (primary N) is 3. The van der Waals surface area contributed by atoms with Crippen molar-refractivity contribution in [3.05, 3.63) is 0 Å². The Morgan fingerprint density at radius 3 is 2.65 bits per heavy atom. The number of nitrogens with zero attached hydrogens (tertiary/aromatic N) is 3. The summed E-state index contributed by atoms with van der Waals surface area (Å²) >= 11 is 0. The molecule has 1 spiro atoms. The van der Waals surface area contributed by atoms with Gasteiger partial charge in [0.25, 0.3) is 0 Å². The maximum atomic E-state index is 11.0. The number of carbonyl (C=O) groups excluding carboxylic acids is 1. The number of rotatable bonds is 4. The summed E-state index contributed by atoms with van der Waals surface area (Å²) < 4.78 is 40.0. The number of amides is 1. The number of carbonyl (C=O) groups is 1. The van der Waals surface area contributed by atoms with Crippen LogP contribution in [0.3, 0.4) is 0 Å². The molecular weight excluding hydrogens is 378 g/mol. The number of primary amides is 1. The highest BCUT2D eigenvalue weighted by atomic mass is 32.3. The van der Waals surface area contributed by atoms with E-state index in [2.05, 4.69) is 24.2 Å². The molecule has 0 aliphatic carbocycles. The predicted molar refractivity (Wildman–Crippen MR) is 82.5 cm³/mol. The fourth-order valence-corrected chi connectivity index (χ4v) is 3.93. The number of nitrogens with one attached hydrogen (secondary N) is 1. The van der Waals surface area contributed by atoms with E-state index >= 15 is 0 Å². The minimum Gasteiger partial charge on any atom is -0.447 e. The first-order chi connectivity index (χ1) is 11.9. The average Bonchev–Trinajstić information content (AvgIpc) is 2.93. The van der Waals surface area contributed by atoms with E-state index in [1.54, 1.807) is 0 Å². The second kappa shape index (κ2) is 5.55. The van der Waals surface area contributed by atoms with Gasteiger partial charge in [0.15, 0.2) is 18.0 Å². The molecule has 26 heavy (non-hydrogen) atoms. The Hall–Kier alpha value is -2.40. The zero-order valence-corrected chi connectivity index (χ0v) is 13.8. The van der Waals surface area contributed by atoms with Crippen LogP contribution in [-0.2, 0) is 19.3 Å². The minimum atomic E-state index is -5.03. The van der Waals surface area contributed by atoms with Gasteiger partial charge in [-0.3, -0.25) is 4.55 Å². The van der Waals surface area contributed by atoms with Crippen LogP contribution < -0.4 is 22.5 Å². The largest absolute Gasteiger partial charge is 0.447 e. The van der Waals surface area contributed by atoms with Gasteiger partial charge in [-0.15, -0.1) is 0 Å². The molecule has 15 nitrogen and oxygen atoms in total. The molecule has 0 aromatic heterocycles. The summed E-state index contributed by atoms with van der Waals surface area (Å²) in [5.41, 5.74) is 14.4. The highest BCUT2D eigenvalue weighted by Crippen LogP contribution is 2.47. The monoisotopic (exact) mass is 395 g/mol. The molecule has 1 saturated heterocycles. The normalized spacial score (nSPS) is 35.0. The van der Waals surface area contributed by atoms with Crippen LogP contribution in [0.2, 0.25) is 0 Å². The van der Waals surface area contributed by atoms with Gasteiger partial charge in [-0.1, -0.05) is 0 Å². The number of aliphatic imine (C=N–C) groups is 2. The molecule has 0 aromatic carbocycles. The summed E-state index contributed by atoms with van der Waals surface area (Å²) in [4.78, 5) is 20.0. The third-order valence-corrected chi connectivity index (χ3v) is 4.85. The van der Waals surface area contributed by atoms with E-state index in [-0.39, 0.29) is 11.9 Å². The van der Waals surface area contributed by atoms with Crippen molar-refractivity contribution >= 4 is 28.4 Å². The lowest BCUT2D eigenvalue weighted by Gasteiger charge is -2.47. The fourth-order valence-electron chi connectivity index (χ4n) is 3.44. The highest BCUT2D eigenvalue weighted by molar-refractivity contribution is 7.80. The Morgan fingerprint density at radius 1 is 1.42 bits per heavy atom. The van der Waals surface area contributed by atoms with Crippen molar-refractivity contribution in [1.29, 1.82) is 0 Å². The Morgan fingerprint density at radius 2 is 2.08 bits per heavy atom. The fraction of sp³-hybridized carbons (Fsp3) is 0.700. The van der Waals surface area contributed by atoms with Gasteiger partial charge in [-0.2, -0.15) is 8.42 Å². The van der Waals surface area contributed by atoms with Crippen molar-refractivity contribution in [2.45, 2.75) is 29.6 Å². The predicted octanol–water partition coefficient (Wildman–Crippen LogP) is -5.05. The first-order valence-electron chi connectivity index (χ1n) is 7.14. The smallest absolute Gasteiger partial charge is 0.404 e. The number of aliphatic hydroxyl groups is 2. The van der Waals surface area contributed by atoms with Gasteiger partial charge in [0.05, 0.1) is 6.54 Å². The maximum Gasteiger partial charge on any atom is 0.404 e. The van der Waals surface area contributed by atoms with Gasteiger partial charge in [0, 0.05) is 0 Å². The van der Waals surface area contributed by atoms with Crippen molar-refractivity contribution in [2.24, 2.45) is 27.2 Å². The van der Waals surface area contributed by atoms with Gasteiger partial charge in [-0.25, -0.2) is 19.0 Å². The molecule has 146 valence electrons. The molecule has 1 unspecified atom stereocenters. The molecule has 3 rings (SSSR count). The summed E-state index contributed by atoms with van der Waals surface area (Å²) in [6.07, 6.45) is -2.97. The molecule has 0 aromatic rings. The van der Waals surface area contributed by atoms with Crippen LogP contribution in [0.4, 0.5) is 4.79 Å². The van der Waals surface area contributed by atoms with Gasteiger partial charge in [-0.05, 0) is 0 Å². The van der Waals surface area contributed by atoms with E-state index in [0.717, 1.165) is 4.90 Å². The lowest BCUT2D eigenvalue weighted by molar-refractivity contribution is -0.248. The Labute approximate surface area is 146 Å². The Kier molecular flexibility index (Phi) is 3.92. The summed E-state index contributed by atoms with van der Waals surface area (Å²) in [7, 11) is -5.03. The van der Waals surface area contributed by atoms with E-state index in [4.69, 9.17) is 21.8 Å². The second-order valence-electron chi connectivity index (χ2n) is 5.88. The molecule has 1 amide bonds. The van der Waals surface area contributed by atoms with Gasteiger partial charge < -0.3 is 42.4 Å². The lowest BCUT2D eigenvalue weighted by Crippen LogP contribution is -2.73. The van der Waals surface area contributed by atoms with Crippen LogP contribution in [0.5, 0.6) is 0 Å². The zero-order valence-electron chi connectivity index (χ0n) is 13.0. The maximum absolute atomic E-state index is 11.0. The SMILES string of the molecule is NC(=O)OC[C@@H]1N=C(N)N2C[C@@H](OS(=O)(=O)O)C(O)(O)C23N=C(N)N[C@@H]13. The van der Waals surface area contributed by atoms with Crippen molar-refractivity contribution in [1.82, 2.24) is 10.2 Å². The van der Waals surface area contributed by atoms with Crippen molar-refractivity contribution < 1.29 is 36.9 Å². The van der Waals surface area contributed by atoms with Crippen LogP contribution in [0.15, 0.2) is 9.98 Å². The van der Waals surface area contributed by atoms with Crippen molar-refractivity contribution in [3.8, 4) is 0 Å². The van der Waals surface area contributed by atoms with Crippen LogP contribution in [0.25, 0.3) is 0 Å². The third-order valence-electron chi connectivity index (χ3n) is 4.37. The van der Waals surface area contributed by atoms with E-state index in [1.807, 2.05) is 0 Å². The molecular formula is C10H17N7O8S. The number of guanidine groups is 2. The minimum absolute atomic E-state index is 0.228. The van der Waals surface area contributed by atoms with Crippen LogP contribution in [-0.4, -0.2) is 88.9 Å². The van der Waals surface area contributed by atoms with Crippen molar-refractivity contribution in [3.63, 3.8) is 0 Å². The lowest BCUT2D eigenvalue weighted by atomic mass is 9.86. The summed E-state index contributed by atoms with van der Waals surface area (Å²) in [6.45, 7) is -0.896. The highest BCUT2D eigenvalue weighted by Gasteiger charge is 2.74. The molecule has 1 fully saturated rings. The van der Waals surface area contributed by atoms with Crippen LogP contribution in [0.1, 0.15) is 0 Å². The second-order valence-corrected chi connectivity index (χ2v) is 6.93. The van der Waals surface area contributed by atoms with E-state index in [9.17, 15) is 23.4 Å². The Bertz CT molecular complexity index is 797. The number of hydrogen-bond donors (Lipinski definition) is 7. The van der Waals surface area contributed by atoms with Gasteiger partial charge in [0.1, 0.15) is 18.7 Å². The average molecular weight is 395 g/mol. The molecule has 0 radical (unpaired) electrons. The summed E-state index contributed by atoms with van der Waals surface area (Å²) in [5, 5.41) is 24.0. The molecule has 16 heteroatoms. The molecule has 0 saturated carbocycles. The molecule has 4 atom stereocenters.